The molecule has 0 atom stereocenters. The molecule has 0 bridgehead atoms. The summed E-state index contributed by atoms with van der Waals surface area (Å²) in [6.45, 7) is 5.17. The minimum Gasteiger partial charge on any atom is -0.480 e. The number of benzene rings is 2. The van der Waals surface area contributed by atoms with Crippen molar-refractivity contribution in [3.8, 4) is 23.3 Å². The fraction of sp³-hybridized carbons (Fsp3) is 0.222. The number of aldehydes is 1. The molecule has 2 rings (SSSR count). The first-order valence-electron chi connectivity index (χ1n) is 6.98. The van der Waals surface area contributed by atoms with Crippen LogP contribution in [-0.2, 0) is 4.79 Å². The van der Waals surface area contributed by atoms with Gasteiger partial charge in [-0.05, 0) is 56.7 Å². The Balaban J connectivity index is 2.21. The highest BCUT2D eigenvalue weighted by atomic mass is 19.1. The van der Waals surface area contributed by atoms with Crippen LogP contribution in [0.5, 0.6) is 17.2 Å². The second-order valence-corrected chi connectivity index (χ2v) is 5.61. The molecule has 0 N–H and O–H groups in total. The van der Waals surface area contributed by atoms with Crippen LogP contribution in [0, 0.1) is 24.1 Å². The second kappa shape index (κ2) is 6.49. The van der Waals surface area contributed by atoms with Crippen LogP contribution in [0.4, 0.5) is 4.39 Å². The van der Waals surface area contributed by atoms with Gasteiger partial charge in [-0.25, -0.2) is 4.39 Å². The Bertz CT molecular complexity index is 778. The highest BCUT2D eigenvalue weighted by Crippen LogP contribution is 2.29. The average Bonchev–Trinajstić information content (AvgIpc) is 2.52. The number of nitrogens with zero attached hydrogens (tertiary/aromatic N) is 1. The summed E-state index contributed by atoms with van der Waals surface area (Å²) in [5.74, 6) is 0.876. The fourth-order valence-corrected chi connectivity index (χ4v) is 1.90. The zero-order chi connectivity index (χ0) is 17.0. The first-order chi connectivity index (χ1) is 10.8. The summed E-state index contributed by atoms with van der Waals surface area (Å²) in [7, 11) is 0. The standard InChI is InChI=1S/C18H16FNO3/c1-12-8-14(5-7-17(12)23-18(2,3)11-21)22-15-4-6-16(19)13(9-15)10-20/h4-9,11H,1-3H3. The van der Waals surface area contributed by atoms with Gasteiger partial charge in [-0.2, -0.15) is 5.26 Å². The highest BCUT2D eigenvalue weighted by Gasteiger charge is 2.19. The second-order valence-electron chi connectivity index (χ2n) is 5.61. The minimum atomic E-state index is -0.911. The molecule has 0 amide bonds. The molecule has 0 aromatic heterocycles. The van der Waals surface area contributed by atoms with Crippen LogP contribution in [0.25, 0.3) is 0 Å². The molecule has 118 valence electrons. The van der Waals surface area contributed by atoms with E-state index in [1.54, 1.807) is 38.1 Å². The molecule has 23 heavy (non-hydrogen) atoms. The van der Waals surface area contributed by atoms with Crippen molar-refractivity contribution in [2.75, 3.05) is 0 Å². The van der Waals surface area contributed by atoms with Crippen LogP contribution >= 0.6 is 0 Å². The van der Waals surface area contributed by atoms with Crippen molar-refractivity contribution in [3.63, 3.8) is 0 Å². The van der Waals surface area contributed by atoms with Gasteiger partial charge in [-0.1, -0.05) is 0 Å². The Morgan fingerprint density at radius 2 is 1.83 bits per heavy atom. The van der Waals surface area contributed by atoms with E-state index in [1.807, 2.05) is 6.92 Å². The summed E-state index contributed by atoms with van der Waals surface area (Å²) >= 11 is 0. The number of carbonyl (C=O) groups is 1. The van der Waals surface area contributed by atoms with Crippen molar-refractivity contribution in [1.82, 2.24) is 0 Å². The molecule has 5 heteroatoms. The first-order valence-corrected chi connectivity index (χ1v) is 6.98. The van der Waals surface area contributed by atoms with E-state index in [4.69, 9.17) is 14.7 Å². The number of carbonyl (C=O) groups excluding carboxylic acids is 1. The van der Waals surface area contributed by atoms with E-state index in [9.17, 15) is 9.18 Å². The normalized spacial score (nSPS) is 10.7. The lowest BCUT2D eigenvalue weighted by atomic mass is 10.1. The summed E-state index contributed by atoms with van der Waals surface area (Å²) in [5.41, 5.74) is -0.196. The minimum absolute atomic E-state index is 0.0769. The van der Waals surface area contributed by atoms with Gasteiger partial charge >= 0.3 is 0 Å². The summed E-state index contributed by atoms with van der Waals surface area (Å²) in [5, 5.41) is 8.83. The maximum absolute atomic E-state index is 13.3. The van der Waals surface area contributed by atoms with Gasteiger partial charge in [0.1, 0.15) is 29.1 Å². The van der Waals surface area contributed by atoms with Crippen molar-refractivity contribution in [2.24, 2.45) is 0 Å². The lowest BCUT2D eigenvalue weighted by Gasteiger charge is -2.21. The molecular formula is C18H16FNO3. The Morgan fingerprint density at radius 1 is 1.17 bits per heavy atom. The zero-order valence-electron chi connectivity index (χ0n) is 13.1. The lowest BCUT2D eigenvalue weighted by molar-refractivity contribution is -0.119. The van der Waals surface area contributed by atoms with Crippen LogP contribution in [0.3, 0.4) is 0 Å². The van der Waals surface area contributed by atoms with Gasteiger partial charge < -0.3 is 9.47 Å². The Hall–Kier alpha value is -2.87. The molecule has 0 saturated heterocycles. The summed E-state index contributed by atoms with van der Waals surface area (Å²) in [6.07, 6.45) is 0.735. The van der Waals surface area contributed by atoms with Gasteiger partial charge in [0.05, 0.1) is 5.56 Å². The quantitative estimate of drug-likeness (QED) is 0.778. The van der Waals surface area contributed by atoms with Crippen LogP contribution in [-0.4, -0.2) is 11.9 Å². The van der Waals surface area contributed by atoms with Crippen LogP contribution < -0.4 is 9.47 Å². The Labute approximate surface area is 134 Å². The number of halogens is 1. The van der Waals surface area contributed by atoms with Gasteiger partial charge in [-0.15, -0.1) is 0 Å². The van der Waals surface area contributed by atoms with Crippen molar-refractivity contribution in [3.05, 3.63) is 53.3 Å². The summed E-state index contributed by atoms with van der Waals surface area (Å²) in [4.78, 5) is 10.9. The maximum Gasteiger partial charge on any atom is 0.162 e. The van der Waals surface area contributed by atoms with Crippen molar-refractivity contribution >= 4 is 6.29 Å². The van der Waals surface area contributed by atoms with Gasteiger partial charge in [-0.3, -0.25) is 4.79 Å². The first kappa shape index (κ1) is 16.5. The van der Waals surface area contributed by atoms with Gasteiger partial charge in [0, 0.05) is 6.07 Å². The molecule has 0 aliphatic carbocycles. The van der Waals surface area contributed by atoms with E-state index < -0.39 is 11.4 Å². The summed E-state index contributed by atoms with van der Waals surface area (Å²) in [6, 6.07) is 10.9. The molecule has 0 heterocycles. The smallest absolute Gasteiger partial charge is 0.162 e. The fourth-order valence-electron chi connectivity index (χ4n) is 1.90. The van der Waals surface area contributed by atoms with E-state index >= 15 is 0 Å². The lowest BCUT2D eigenvalue weighted by Crippen LogP contribution is -2.30. The van der Waals surface area contributed by atoms with E-state index in [1.165, 1.54) is 18.2 Å². The number of ether oxygens (including phenoxy) is 2. The van der Waals surface area contributed by atoms with E-state index in [-0.39, 0.29) is 5.56 Å². The van der Waals surface area contributed by atoms with E-state index in [0.717, 1.165) is 11.8 Å². The van der Waals surface area contributed by atoms with Crippen molar-refractivity contribution < 1.29 is 18.7 Å². The molecule has 2 aromatic carbocycles. The molecular weight excluding hydrogens is 297 g/mol. The van der Waals surface area contributed by atoms with E-state index in [2.05, 4.69) is 0 Å². The molecule has 0 aliphatic rings. The number of aryl methyl sites for hydroxylation is 1. The summed E-state index contributed by atoms with van der Waals surface area (Å²) < 4.78 is 24.5. The number of hydrogen-bond acceptors (Lipinski definition) is 4. The molecule has 4 nitrogen and oxygen atoms in total. The monoisotopic (exact) mass is 313 g/mol. The number of hydrogen-bond donors (Lipinski definition) is 0. The SMILES string of the molecule is Cc1cc(Oc2ccc(F)c(C#N)c2)ccc1OC(C)(C)C=O. The highest BCUT2D eigenvalue weighted by molar-refractivity contribution is 5.62. The molecule has 0 unspecified atom stereocenters. The molecule has 0 spiro atoms. The molecule has 2 aromatic rings. The molecule has 0 radical (unpaired) electrons. The van der Waals surface area contributed by atoms with Crippen molar-refractivity contribution in [1.29, 1.82) is 5.26 Å². The van der Waals surface area contributed by atoms with Crippen LogP contribution in [0.15, 0.2) is 36.4 Å². The third-order valence-electron chi connectivity index (χ3n) is 3.10. The van der Waals surface area contributed by atoms with Crippen LogP contribution in [0.1, 0.15) is 25.0 Å². The predicted molar refractivity (Wildman–Crippen MR) is 83.1 cm³/mol. The third kappa shape index (κ3) is 4.07. The van der Waals surface area contributed by atoms with Gasteiger partial charge in [0.2, 0.25) is 0 Å². The van der Waals surface area contributed by atoms with Crippen LogP contribution in [0.2, 0.25) is 0 Å². The topological polar surface area (TPSA) is 59.3 Å². The zero-order valence-corrected chi connectivity index (χ0v) is 13.1. The molecule has 0 fully saturated rings. The van der Waals surface area contributed by atoms with Gasteiger partial charge in [0.25, 0.3) is 0 Å². The molecule has 0 aliphatic heterocycles. The maximum atomic E-state index is 13.3. The van der Waals surface area contributed by atoms with E-state index in [0.29, 0.717) is 17.2 Å². The van der Waals surface area contributed by atoms with Gasteiger partial charge in [0.15, 0.2) is 11.9 Å². The van der Waals surface area contributed by atoms with Crippen molar-refractivity contribution in [2.45, 2.75) is 26.4 Å². The number of nitriles is 1. The Morgan fingerprint density at radius 3 is 2.43 bits per heavy atom. The largest absolute Gasteiger partial charge is 0.480 e. The number of rotatable bonds is 5. The molecule has 0 saturated carbocycles. The Kier molecular flexibility index (Phi) is 4.65. The average molecular weight is 313 g/mol. The predicted octanol–water partition coefficient (Wildman–Crippen LogP) is 4.15. The third-order valence-corrected chi connectivity index (χ3v) is 3.10.